The Labute approximate surface area is 145 Å². The highest BCUT2D eigenvalue weighted by Gasteiger charge is 2.30. The molecule has 0 N–H and O–H groups in total. The predicted molar refractivity (Wildman–Crippen MR) is 88.9 cm³/mol. The van der Waals surface area contributed by atoms with Crippen LogP contribution in [0.5, 0.6) is 0 Å². The fourth-order valence-electron chi connectivity index (χ4n) is 2.41. The fourth-order valence-corrected chi connectivity index (χ4v) is 2.41. The third-order valence-corrected chi connectivity index (χ3v) is 4.04. The van der Waals surface area contributed by atoms with Gasteiger partial charge in [0.25, 0.3) is 0 Å². The van der Waals surface area contributed by atoms with Crippen molar-refractivity contribution in [1.82, 2.24) is 19.9 Å². The SMILES string of the molecule is CCN(CC)CCN(C)Cc1nc(-c2ccc(C(F)(F)F)cc2)no1. The Morgan fingerprint density at radius 3 is 2.24 bits per heavy atom. The summed E-state index contributed by atoms with van der Waals surface area (Å²) in [6, 6.07) is 4.73. The molecule has 5 nitrogen and oxygen atoms in total. The van der Waals surface area contributed by atoms with Gasteiger partial charge in [0.1, 0.15) is 0 Å². The highest BCUT2D eigenvalue weighted by molar-refractivity contribution is 5.54. The molecule has 1 aromatic heterocycles. The Balaban J connectivity index is 1.95. The van der Waals surface area contributed by atoms with Gasteiger partial charge in [-0.05, 0) is 32.3 Å². The van der Waals surface area contributed by atoms with Crippen molar-refractivity contribution in [2.75, 3.05) is 33.2 Å². The molecule has 0 amide bonds. The van der Waals surface area contributed by atoms with Crippen molar-refractivity contribution in [1.29, 1.82) is 0 Å². The lowest BCUT2D eigenvalue weighted by molar-refractivity contribution is -0.137. The lowest BCUT2D eigenvalue weighted by Gasteiger charge is -2.21. The lowest BCUT2D eigenvalue weighted by Crippen LogP contribution is -2.32. The normalized spacial score (nSPS) is 12.3. The largest absolute Gasteiger partial charge is 0.416 e. The van der Waals surface area contributed by atoms with Gasteiger partial charge in [-0.25, -0.2) is 0 Å². The molecular formula is C17H23F3N4O. The van der Waals surface area contributed by atoms with E-state index in [0.29, 0.717) is 23.8 Å². The van der Waals surface area contributed by atoms with Crippen molar-refractivity contribution in [2.24, 2.45) is 0 Å². The molecule has 25 heavy (non-hydrogen) atoms. The van der Waals surface area contributed by atoms with Gasteiger partial charge in [0.2, 0.25) is 11.7 Å². The number of hydrogen-bond acceptors (Lipinski definition) is 5. The highest BCUT2D eigenvalue weighted by Crippen LogP contribution is 2.30. The van der Waals surface area contributed by atoms with Crippen LogP contribution in [0.3, 0.4) is 0 Å². The van der Waals surface area contributed by atoms with E-state index in [0.717, 1.165) is 38.3 Å². The van der Waals surface area contributed by atoms with Crippen molar-refractivity contribution < 1.29 is 17.7 Å². The van der Waals surface area contributed by atoms with Crippen molar-refractivity contribution in [2.45, 2.75) is 26.6 Å². The van der Waals surface area contributed by atoms with Crippen molar-refractivity contribution in [3.63, 3.8) is 0 Å². The second-order valence-corrected chi connectivity index (χ2v) is 5.85. The second-order valence-electron chi connectivity index (χ2n) is 5.85. The van der Waals surface area contributed by atoms with Crippen LogP contribution in [-0.4, -0.2) is 53.2 Å². The monoisotopic (exact) mass is 356 g/mol. The number of halogens is 3. The minimum Gasteiger partial charge on any atom is -0.338 e. The van der Waals surface area contributed by atoms with E-state index in [1.54, 1.807) is 0 Å². The maximum absolute atomic E-state index is 12.6. The van der Waals surface area contributed by atoms with Crippen LogP contribution in [0.15, 0.2) is 28.8 Å². The van der Waals surface area contributed by atoms with Crippen LogP contribution in [0.25, 0.3) is 11.4 Å². The van der Waals surface area contributed by atoms with Crippen molar-refractivity contribution in [3.8, 4) is 11.4 Å². The maximum Gasteiger partial charge on any atom is 0.416 e. The molecule has 1 aromatic carbocycles. The molecule has 2 rings (SSSR count). The van der Waals surface area contributed by atoms with Crippen LogP contribution in [0, 0.1) is 0 Å². The topological polar surface area (TPSA) is 45.4 Å². The van der Waals surface area contributed by atoms with E-state index in [2.05, 4.69) is 33.8 Å². The van der Waals surface area contributed by atoms with E-state index >= 15 is 0 Å². The zero-order valence-corrected chi connectivity index (χ0v) is 14.7. The summed E-state index contributed by atoms with van der Waals surface area (Å²) in [5, 5.41) is 3.85. The molecule has 0 saturated heterocycles. The molecule has 0 aliphatic carbocycles. The van der Waals surface area contributed by atoms with Gasteiger partial charge in [-0.2, -0.15) is 18.2 Å². The summed E-state index contributed by atoms with van der Waals surface area (Å²) in [6.45, 7) is 8.56. The third kappa shape index (κ3) is 5.54. The van der Waals surface area contributed by atoms with Gasteiger partial charge in [-0.1, -0.05) is 31.1 Å². The number of rotatable bonds is 8. The van der Waals surface area contributed by atoms with Gasteiger partial charge >= 0.3 is 6.18 Å². The molecule has 1 heterocycles. The molecule has 0 radical (unpaired) electrons. The highest BCUT2D eigenvalue weighted by atomic mass is 19.4. The number of benzene rings is 1. The predicted octanol–water partition coefficient (Wildman–Crippen LogP) is 3.53. The number of aromatic nitrogens is 2. The minimum absolute atomic E-state index is 0.292. The number of nitrogens with zero attached hydrogens (tertiary/aromatic N) is 4. The number of alkyl halides is 3. The lowest BCUT2D eigenvalue weighted by atomic mass is 10.1. The molecule has 0 spiro atoms. The molecular weight excluding hydrogens is 333 g/mol. The molecule has 8 heteroatoms. The van der Waals surface area contributed by atoms with E-state index in [4.69, 9.17) is 4.52 Å². The summed E-state index contributed by atoms with van der Waals surface area (Å²) >= 11 is 0. The molecule has 0 saturated carbocycles. The molecule has 0 bridgehead atoms. The minimum atomic E-state index is -4.35. The average Bonchev–Trinajstić information content (AvgIpc) is 3.03. The molecule has 0 aliphatic rings. The summed E-state index contributed by atoms with van der Waals surface area (Å²) < 4.78 is 43.0. The zero-order chi connectivity index (χ0) is 18.4. The van der Waals surface area contributed by atoms with Crippen LogP contribution in [0.1, 0.15) is 25.3 Å². The summed E-state index contributed by atoms with van der Waals surface area (Å²) in [7, 11) is 1.96. The van der Waals surface area contributed by atoms with Gasteiger partial charge in [0.05, 0.1) is 12.1 Å². The molecule has 138 valence electrons. The fraction of sp³-hybridized carbons (Fsp3) is 0.529. The first-order valence-electron chi connectivity index (χ1n) is 8.24. The van der Waals surface area contributed by atoms with Gasteiger partial charge in [0.15, 0.2) is 0 Å². The first kappa shape index (κ1) is 19.4. The quantitative estimate of drug-likeness (QED) is 0.724. The Bertz CT molecular complexity index is 651. The Hall–Kier alpha value is -1.93. The van der Waals surface area contributed by atoms with Gasteiger partial charge in [-0.3, -0.25) is 4.90 Å². The van der Waals surface area contributed by atoms with E-state index in [-0.39, 0.29) is 0 Å². The van der Waals surface area contributed by atoms with Crippen molar-refractivity contribution in [3.05, 3.63) is 35.7 Å². The molecule has 0 fully saturated rings. The number of likely N-dealkylation sites (N-methyl/N-ethyl adjacent to an activating group) is 2. The Morgan fingerprint density at radius 1 is 1.04 bits per heavy atom. The average molecular weight is 356 g/mol. The first-order chi connectivity index (χ1) is 11.8. The van der Waals surface area contributed by atoms with Crippen LogP contribution in [0.2, 0.25) is 0 Å². The smallest absolute Gasteiger partial charge is 0.338 e. The van der Waals surface area contributed by atoms with Crippen LogP contribution < -0.4 is 0 Å². The molecule has 0 aliphatic heterocycles. The second kappa shape index (κ2) is 8.44. The van der Waals surface area contributed by atoms with Crippen molar-refractivity contribution >= 4 is 0 Å². The van der Waals surface area contributed by atoms with Crippen LogP contribution in [-0.2, 0) is 12.7 Å². The standard InChI is InChI=1S/C17H23F3N4O/c1-4-24(5-2)11-10-23(3)12-15-21-16(22-25-15)13-6-8-14(9-7-13)17(18,19)20/h6-9H,4-5,10-12H2,1-3H3. The first-order valence-corrected chi connectivity index (χ1v) is 8.24. The number of hydrogen-bond donors (Lipinski definition) is 0. The zero-order valence-electron chi connectivity index (χ0n) is 14.7. The van der Waals surface area contributed by atoms with E-state index < -0.39 is 11.7 Å². The van der Waals surface area contributed by atoms with E-state index in [9.17, 15) is 13.2 Å². The van der Waals surface area contributed by atoms with Crippen LogP contribution in [0.4, 0.5) is 13.2 Å². The van der Waals surface area contributed by atoms with Gasteiger partial charge in [-0.15, -0.1) is 0 Å². The summed E-state index contributed by atoms with van der Waals surface area (Å²) in [6.07, 6.45) is -4.35. The maximum atomic E-state index is 12.6. The third-order valence-electron chi connectivity index (χ3n) is 4.04. The van der Waals surface area contributed by atoms with Gasteiger partial charge in [0, 0.05) is 18.7 Å². The van der Waals surface area contributed by atoms with Crippen LogP contribution >= 0.6 is 0 Å². The van der Waals surface area contributed by atoms with E-state index in [1.807, 2.05) is 7.05 Å². The molecule has 0 atom stereocenters. The van der Waals surface area contributed by atoms with E-state index in [1.165, 1.54) is 12.1 Å². The Morgan fingerprint density at radius 2 is 1.68 bits per heavy atom. The van der Waals surface area contributed by atoms with Gasteiger partial charge < -0.3 is 9.42 Å². The summed E-state index contributed by atoms with van der Waals surface area (Å²) in [4.78, 5) is 8.65. The summed E-state index contributed by atoms with van der Waals surface area (Å²) in [5.41, 5.74) is -0.204. The Kier molecular flexibility index (Phi) is 6.55. The summed E-state index contributed by atoms with van der Waals surface area (Å²) in [5.74, 6) is 0.734. The molecule has 0 unspecified atom stereocenters. The molecule has 2 aromatic rings.